The smallest absolute Gasteiger partial charge is 0.236 e. The number of fused-ring (bicyclic) bond motifs is 1. The second-order valence-corrected chi connectivity index (χ2v) is 6.59. The molecule has 5 heteroatoms. The average Bonchev–Trinajstić information content (AvgIpc) is 2.27. The van der Waals surface area contributed by atoms with Crippen LogP contribution in [0, 0.1) is 5.92 Å². The highest BCUT2D eigenvalue weighted by Crippen LogP contribution is 2.31. The number of anilines is 1. The molecule has 0 aromatic heterocycles. The van der Waals surface area contributed by atoms with Crippen molar-refractivity contribution in [2.75, 3.05) is 23.1 Å². The predicted octanol–water partition coefficient (Wildman–Crippen LogP) is 0.974. The van der Waals surface area contributed by atoms with E-state index in [1.54, 1.807) is 0 Å². The summed E-state index contributed by atoms with van der Waals surface area (Å²) in [5.74, 6) is 0.353. The first-order valence-electron chi connectivity index (χ1n) is 5.83. The zero-order valence-electron chi connectivity index (χ0n) is 9.96. The van der Waals surface area contributed by atoms with Crippen LogP contribution in [0.2, 0.25) is 0 Å². The molecule has 94 valence electrons. The van der Waals surface area contributed by atoms with Gasteiger partial charge in [-0.15, -0.1) is 0 Å². The van der Waals surface area contributed by atoms with E-state index in [1.807, 2.05) is 24.3 Å². The molecule has 0 amide bonds. The lowest BCUT2D eigenvalue weighted by atomic mass is 9.96. The van der Waals surface area contributed by atoms with Gasteiger partial charge in [0.25, 0.3) is 0 Å². The Kier molecular flexibility index (Phi) is 3.40. The summed E-state index contributed by atoms with van der Waals surface area (Å²) in [5, 5.41) is 0. The van der Waals surface area contributed by atoms with Crippen molar-refractivity contribution < 1.29 is 8.42 Å². The van der Waals surface area contributed by atoms with Gasteiger partial charge in [0.1, 0.15) is 0 Å². The molecule has 1 heterocycles. The number of hydrogen-bond acceptors (Lipinski definition) is 3. The van der Waals surface area contributed by atoms with Crippen LogP contribution in [-0.2, 0) is 16.4 Å². The van der Waals surface area contributed by atoms with E-state index in [4.69, 9.17) is 5.73 Å². The fraction of sp³-hybridized carbons (Fsp3) is 0.500. The van der Waals surface area contributed by atoms with Gasteiger partial charge in [-0.25, -0.2) is 8.42 Å². The van der Waals surface area contributed by atoms with Crippen LogP contribution in [0.1, 0.15) is 12.5 Å². The zero-order chi connectivity index (χ0) is 12.5. The van der Waals surface area contributed by atoms with Crippen LogP contribution in [0.4, 0.5) is 5.69 Å². The molecule has 0 aliphatic carbocycles. The first-order valence-corrected chi connectivity index (χ1v) is 7.44. The number of sulfonamides is 1. The Morgan fingerprint density at radius 1 is 1.41 bits per heavy atom. The number of benzene rings is 1. The summed E-state index contributed by atoms with van der Waals surface area (Å²) in [5.41, 5.74) is 7.29. The van der Waals surface area contributed by atoms with Crippen LogP contribution in [0.25, 0.3) is 0 Å². The standard InChI is InChI=1S/C12H18N2O2S/c1-10-8-11-4-2-3-5-12(11)14(9-10)17(15,16)7-6-13/h2-5,10H,6-9,13H2,1H3. The van der Waals surface area contributed by atoms with Gasteiger partial charge in [-0.3, -0.25) is 4.31 Å². The van der Waals surface area contributed by atoms with E-state index in [9.17, 15) is 8.42 Å². The van der Waals surface area contributed by atoms with E-state index < -0.39 is 10.0 Å². The number of hydrogen-bond donors (Lipinski definition) is 1. The summed E-state index contributed by atoms with van der Waals surface area (Å²) >= 11 is 0. The molecule has 17 heavy (non-hydrogen) atoms. The number of nitrogens with two attached hydrogens (primary N) is 1. The van der Waals surface area contributed by atoms with Crippen LogP contribution >= 0.6 is 0 Å². The van der Waals surface area contributed by atoms with Gasteiger partial charge in [-0.2, -0.15) is 0 Å². The Bertz CT molecular complexity index is 499. The molecular formula is C12H18N2O2S. The Morgan fingerprint density at radius 3 is 2.82 bits per heavy atom. The highest BCUT2D eigenvalue weighted by molar-refractivity contribution is 7.92. The van der Waals surface area contributed by atoms with E-state index >= 15 is 0 Å². The summed E-state index contributed by atoms with van der Waals surface area (Å²) in [6.07, 6.45) is 0.935. The topological polar surface area (TPSA) is 63.4 Å². The van der Waals surface area contributed by atoms with Crippen LogP contribution in [0.5, 0.6) is 0 Å². The highest BCUT2D eigenvalue weighted by atomic mass is 32.2. The van der Waals surface area contributed by atoms with Gasteiger partial charge in [0, 0.05) is 13.1 Å². The summed E-state index contributed by atoms with van der Waals surface area (Å²) in [4.78, 5) is 0. The number of para-hydroxylation sites is 1. The molecule has 0 saturated heterocycles. The van der Waals surface area contributed by atoms with Crippen LogP contribution in [0.3, 0.4) is 0 Å². The van der Waals surface area contributed by atoms with Gasteiger partial charge in [-0.05, 0) is 24.0 Å². The minimum Gasteiger partial charge on any atom is -0.329 e. The highest BCUT2D eigenvalue weighted by Gasteiger charge is 2.29. The Hall–Kier alpha value is -1.07. The van der Waals surface area contributed by atoms with Crippen molar-refractivity contribution in [1.29, 1.82) is 0 Å². The Labute approximate surface area is 102 Å². The molecular weight excluding hydrogens is 236 g/mol. The van der Waals surface area contributed by atoms with E-state index in [-0.39, 0.29) is 12.3 Å². The van der Waals surface area contributed by atoms with Crippen molar-refractivity contribution in [3.8, 4) is 0 Å². The van der Waals surface area contributed by atoms with Gasteiger partial charge in [-0.1, -0.05) is 25.1 Å². The fourth-order valence-electron chi connectivity index (χ4n) is 2.27. The molecule has 0 fully saturated rings. The van der Waals surface area contributed by atoms with Gasteiger partial charge >= 0.3 is 0 Å². The zero-order valence-corrected chi connectivity index (χ0v) is 10.8. The van der Waals surface area contributed by atoms with Crippen LogP contribution < -0.4 is 10.0 Å². The third-order valence-electron chi connectivity index (χ3n) is 3.02. The minimum absolute atomic E-state index is 0.00799. The van der Waals surface area contributed by atoms with Crippen molar-refractivity contribution in [1.82, 2.24) is 0 Å². The molecule has 0 bridgehead atoms. The van der Waals surface area contributed by atoms with Gasteiger partial charge in [0.15, 0.2) is 0 Å². The lowest BCUT2D eigenvalue weighted by molar-refractivity contribution is 0.544. The molecule has 1 atom stereocenters. The second-order valence-electron chi connectivity index (χ2n) is 4.57. The number of nitrogens with zero attached hydrogens (tertiary/aromatic N) is 1. The van der Waals surface area contributed by atoms with E-state index in [1.165, 1.54) is 4.31 Å². The van der Waals surface area contributed by atoms with E-state index in [0.29, 0.717) is 12.5 Å². The number of rotatable bonds is 3. The molecule has 0 spiro atoms. The molecule has 1 aliphatic rings. The lowest BCUT2D eigenvalue weighted by Crippen LogP contribution is -2.41. The second kappa shape index (κ2) is 4.66. The summed E-state index contributed by atoms with van der Waals surface area (Å²) in [6, 6.07) is 7.69. The quantitative estimate of drug-likeness (QED) is 0.874. The van der Waals surface area contributed by atoms with Crippen LogP contribution in [-0.4, -0.2) is 27.3 Å². The molecule has 2 rings (SSSR count). The summed E-state index contributed by atoms with van der Waals surface area (Å²) < 4.78 is 25.8. The monoisotopic (exact) mass is 254 g/mol. The maximum absolute atomic E-state index is 12.1. The molecule has 4 nitrogen and oxygen atoms in total. The van der Waals surface area contributed by atoms with Crippen molar-refractivity contribution >= 4 is 15.7 Å². The first kappa shape index (κ1) is 12.4. The van der Waals surface area contributed by atoms with Gasteiger partial charge in [0.05, 0.1) is 11.4 Å². The minimum atomic E-state index is -3.27. The van der Waals surface area contributed by atoms with Crippen molar-refractivity contribution in [3.05, 3.63) is 29.8 Å². The summed E-state index contributed by atoms with van der Waals surface area (Å²) in [6.45, 7) is 2.79. The van der Waals surface area contributed by atoms with Crippen molar-refractivity contribution in [3.63, 3.8) is 0 Å². The largest absolute Gasteiger partial charge is 0.329 e. The molecule has 1 aromatic rings. The van der Waals surface area contributed by atoms with E-state index in [0.717, 1.165) is 17.7 Å². The van der Waals surface area contributed by atoms with E-state index in [2.05, 4.69) is 6.92 Å². The van der Waals surface area contributed by atoms with Crippen molar-refractivity contribution in [2.45, 2.75) is 13.3 Å². The molecule has 1 unspecified atom stereocenters. The molecule has 1 aliphatic heterocycles. The third kappa shape index (κ3) is 2.45. The SMILES string of the molecule is CC1Cc2ccccc2N(S(=O)(=O)CCN)C1. The molecule has 2 N–H and O–H groups in total. The molecule has 1 aromatic carbocycles. The van der Waals surface area contributed by atoms with Gasteiger partial charge in [0.2, 0.25) is 10.0 Å². The Morgan fingerprint density at radius 2 is 2.12 bits per heavy atom. The fourth-order valence-corrected chi connectivity index (χ4v) is 3.75. The van der Waals surface area contributed by atoms with Crippen molar-refractivity contribution in [2.24, 2.45) is 11.7 Å². The third-order valence-corrected chi connectivity index (χ3v) is 4.79. The Balaban J connectivity index is 2.43. The predicted molar refractivity (Wildman–Crippen MR) is 69.5 cm³/mol. The maximum Gasteiger partial charge on any atom is 0.236 e. The molecule has 0 saturated carbocycles. The first-order chi connectivity index (χ1) is 8.04. The van der Waals surface area contributed by atoms with Gasteiger partial charge < -0.3 is 5.73 Å². The average molecular weight is 254 g/mol. The molecule has 0 radical (unpaired) electrons. The van der Waals surface area contributed by atoms with Crippen LogP contribution in [0.15, 0.2) is 24.3 Å². The lowest BCUT2D eigenvalue weighted by Gasteiger charge is -2.33. The maximum atomic E-state index is 12.1. The summed E-state index contributed by atoms with van der Waals surface area (Å²) in [7, 11) is -3.27. The normalized spacial score (nSPS) is 20.1.